The molecule has 0 spiro atoms. The van der Waals surface area contributed by atoms with Crippen LogP contribution in [-0.4, -0.2) is 18.0 Å². The van der Waals surface area contributed by atoms with Crippen LogP contribution >= 0.6 is 23.2 Å². The van der Waals surface area contributed by atoms with Crippen LogP contribution in [0, 0.1) is 0 Å². The third-order valence-electron chi connectivity index (χ3n) is 2.87. The first-order valence-corrected chi connectivity index (χ1v) is 7.51. The predicted octanol–water partition coefficient (Wildman–Crippen LogP) is 3.91. The van der Waals surface area contributed by atoms with E-state index in [0.29, 0.717) is 21.6 Å². The topological polar surface area (TPSA) is 63.2 Å². The molecule has 7 heteroatoms. The molecule has 2 aromatic rings. The highest BCUT2D eigenvalue weighted by Crippen LogP contribution is 2.25. The van der Waals surface area contributed by atoms with E-state index in [1.54, 1.807) is 48.7 Å². The Morgan fingerprint density at radius 2 is 2.09 bits per heavy atom. The van der Waals surface area contributed by atoms with Gasteiger partial charge < -0.3 is 5.32 Å². The van der Waals surface area contributed by atoms with Crippen molar-refractivity contribution in [3.8, 4) is 0 Å². The number of aromatic nitrogens is 1. The van der Waals surface area contributed by atoms with Crippen LogP contribution < -0.4 is 10.8 Å². The molecule has 0 saturated heterocycles. The number of hydroxylamine groups is 1. The summed E-state index contributed by atoms with van der Waals surface area (Å²) in [6.07, 6.45) is 3.45. The molecule has 1 aromatic carbocycles. The predicted molar refractivity (Wildman–Crippen MR) is 92.1 cm³/mol. The standard InChI is InChI=1S/C16H15Cl2N3O2/c1-23-21-14(11-5-6-12(17)13(18)10-11)7-8-16(22)20-15-4-2-3-9-19-15/h2-7,9-10,21H,8H2,1H3,(H,19,20,22). The molecule has 0 saturated carbocycles. The Morgan fingerprint density at radius 3 is 2.74 bits per heavy atom. The summed E-state index contributed by atoms with van der Waals surface area (Å²) in [5, 5.41) is 3.58. The third kappa shape index (κ3) is 5.25. The van der Waals surface area contributed by atoms with E-state index < -0.39 is 0 Å². The van der Waals surface area contributed by atoms with E-state index in [-0.39, 0.29) is 12.3 Å². The molecule has 0 aliphatic heterocycles. The van der Waals surface area contributed by atoms with Gasteiger partial charge in [-0.25, -0.2) is 4.98 Å². The largest absolute Gasteiger partial charge is 0.310 e. The van der Waals surface area contributed by atoms with Gasteiger partial charge in [0, 0.05) is 18.2 Å². The van der Waals surface area contributed by atoms with Gasteiger partial charge in [0.05, 0.1) is 22.9 Å². The average Bonchev–Trinajstić information content (AvgIpc) is 2.55. The van der Waals surface area contributed by atoms with Gasteiger partial charge in [0.2, 0.25) is 5.91 Å². The van der Waals surface area contributed by atoms with Crippen molar-refractivity contribution in [3.63, 3.8) is 0 Å². The molecule has 0 atom stereocenters. The Balaban J connectivity index is 2.09. The van der Waals surface area contributed by atoms with Gasteiger partial charge in [-0.2, -0.15) is 0 Å². The van der Waals surface area contributed by atoms with Crippen molar-refractivity contribution in [2.75, 3.05) is 12.4 Å². The van der Waals surface area contributed by atoms with Gasteiger partial charge in [-0.05, 0) is 30.3 Å². The van der Waals surface area contributed by atoms with Gasteiger partial charge in [-0.3, -0.25) is 15.1 Å². The zero-order valence-electron chi connectivity index (χ0n) is 12.3. The Hall–Kier alpha value is -2.08. The van der Waals surface area contributed by atoms with Gasteiger partial charge in [0.1, 0.15) is 5.82 Å². The molecule has 23 heavy (non-hydrogen) atoms. The second-order valence-corrected chi connectivity index (χ2v) is 5.33. The number of nitrogens with one attached hydrogen (secondary N) is 2. The number of benzene rings is 1. The van der Waals surface area contributed by atoms with E-state index in [1.165, 1.54) is 7.11 Å². The van der Waals surface area contributed by atoms with Crippen molar-refractivity contribution in [1.29, 1.82) is 0 Å². The highest BCUT2D eigenvalue weighted by Gasteiger charge is 2.07. The maximum atomic E-state index is 12.0. The van der Waals surface area contributed by atoms with E-state index >= 15 is 0 Å². The van der Waals surface area contributed by atoms with Gasteiger partial charge in [-0.1, -0.05) is 35.3 Å². The van der Waals surface area contributed by atoms with E-state index in [0.717, 1.165) is 5.56 Å². The lowest BCUT2D eigenvalue weighted by atomic mass is 10.1. The van der Waals surface area contributed by atoms with Gasteiger partial charge in [0.15, 0.2) is 0 Å². The molecule has 0 unspecified atom stereocenters. The second kappa shape index (κ2) is 8.53. The van der Waals surface area contributed by atoms with Crippen molar-refractivity contribution in [2.45, 2.75) is 6.42 Å². The van der Waals surface area contributed by atoms with E-state index in [4.69, 9.17) is 28.0 Å². The molecular weight excluding hydrogens is 337 g/mol. The summed E-state index contributed by atoms with van der Waals surface area (Å²) in [6, 6.07) is 10.4. The van der Waals surface area contributed by atoms with Crippen molar-refractivity contribution in [1.82, 2.24) is 10.5 Å². The summed E-state index contributed by atoms with van der Waals surface area (Å²) >= 11 is 11.9. The molecule has 120 valence electrons. The van der Waals surface area contributed by atoms with Crippen LogP contribution in [0.15, 0.2) is 48.7 Å². The minimum atomic E-state index is -0.195. The first-order chi connectivity index (χ1) is 11.1. The van der Waals surface area contributed by atoms with Crippen LogP contribution in [0.5, 0.6) is 0 Å². The Morgan fingerprint density at radius 1 is 1.26 bits per heavy atom. The number of carbonyl (C=O) groups excluding carboxylic acids is 1. The molecule has 0 aliphatic carbocycles. The molecule has 1 amide bonds. The maximum absolute atomic E-state index is 12.0. The number of rotatable bonds is 6. The number of amides is 1. The lowest BCUT2D eigenvalue weighted by molar-refractivity contribution is -0.115. The minimum absolute atomic E-state index is 0.141. The first-order valence-electron chi connectivity index (χ1n) is 6.75. The molecule has 5 nitrogen and oxygen atoms in total. The van der Waals surface area contributed by atoms with E-state index in [1.807, 2.05) is 0 Å². The summed E-state index contributed by atoms with van der Waals surface area (Å²) in [6.45, 7) is 0. The number of hydrogen-bond donors (Lipinski definition) is 2. The average molecular weight is 352 g/mol. The smallest absolute Gasteiger partial charge is 0.229 e. The second-order valence-electron chi connectivity index (χ2n) is 4.52. The fraction of sp³-hybridized carbons (Fsp3) is 0.125. The molecule has 2 N–H and O–H groups in total. The van der Waals surface area contributed by atoms with Gasteiger partial charge in [-0.15, -0.1) is 0 Å². The van der Waals surface area contributed by atoms with Crippen molar-refractivity contribution >= 4 is 40.6 Å². The SMILES string of the molecule is CONC(=CCC(=O)Nc1ccccn1)c1ccc(Cl)c(Cl)c1. The summed E-state index contributed by atoms with van der Waals surface area (Å²) in [5.41, 5.74) is 4.10. The van der Waals surface area contributed by atoms with Crippen LogP contribution in [-0.2, 0) is 9.63 Å². The number of halogens is 2. The fourth-order valence-electron chi connectivity index (χ4n) is 1.82. The lowest BCUT2D eigenvalue weighted by Gasteiger charge is -2.10. The Labute approximate surface area is 144 Å². The monoisotopic (exact) mass is 351 g/mol. The number of nitrogens with zero attached hydrogens (tertiary/aromatic N) is 1. The normalized spacial score (nSPS) is 11.2. The van der Waals surface area contributed by atoms with E-state index in [2.05, 4.69) is 15.8 Å². The summed E-state index contributed by atoms with van der Waals surface area (Å²) in [5.74, 6) is 0.306. The summed E-state index contributed by atoms with van der Waals surface area (Å²) < 4.78 is 0. The van der Waals surface area contributed by atoms with Crippen molar-refractivity contribution in [2.24, 2.45) is 0 Å². The fourth-order valence-corrected chi connectivity index (χ4v) is 2.12. The number of anilines is 1. The quantitative estimate of drug-likeness (QED) is 0.774. The number of pyridine rings is 1. The molecule has 0 bridgehead atoms. The van der Waals surface area contributed by atoms with Crippen LogP contribution in [0.25, 0.3) is 5.70 Å². The molecule has 2 rings (SSSR count). The molecular formula is C16H15Cl2N3O2. The molecule has 1 aromatic heterocycles. The van der Waals surface area contributed by atoms with Crippen LogP contribution in [0.4, 0.5) is 5.82 Å². The van der Waals surface area contributed by atoms with Crippen LogP contribution in [0.2, 0.25) is 10.0 Å². The zero-order chi connectivity index (χ0) is 16.7. The number of carbonyl (C=O) groups is 1. The Kier molecular flexibility index (Phi) is 6.40. The van der Waals surface area contributed by atoms with Gasteiger partial charge >= 0.3 is 0 Å². The molecule has 1 heterocycles. The maximum Gasteiger partial charge on any atom is 0.229 e. The number of hydrogen-bond acceptors (Lipinski definition) is 4. The highest BCUT2D eigenvalue weighted by molar-refractivity contribution is 6.42. The summed E-state index contributed by atoms with van der Waals surface area (Å²) in [7, 11) is 1.49. The van der Waals surface area contributed by atoms with Crippen molar-refractivity contribution < 1.29 is 9.63 Å². The lowest BCUT2D eigenvalue weighted by Crippen LogP contribution is -2.14. The minimum Gasteiger partial charge on any atom is -0.310 e. The highest BCUT2D eigenvalue weighted by atomic mass is 35.5. The molecule has 0 radical (unpaired) electrons. The summed E-state index contributed by atoms with van der Waals surface area (Å²) in [4.78, 5) is 20.9. The van der Waals surface area contributed by atoms with Crippen LogP contribution in [0.1, 0.15) is 12.0 Å². The van der Waals surface area contributed by atoms with Crippen LogP contribution in [0.3, 0.4) is 0 Å². The third-order valence-corrected chi connectivity index (χ3v) is 3.61. The first kappa shape index (κ1) is 17.3. The van der Waals surface area contributed by atoms with E-state index in [9.17, 15) is 4.79 Å². The molecule has 0 fully saturated rings. The van der Waals surface area contributed by atoms with Crippen molar-refractivity contribution in [3.05, 3.63) is 64.3 Å². The zero-order valence-corrected chi connectivity index (χ0v) is 13.9. The Bertz CT molecular complexity index is 706. The molecule has 0 aliphatic rings. The van der Waals surface area contributed by atoms with Gasteiger partial charge in [0.25, 0.3) is 0 Å².